The topological polar surface area (TPSA) is 93.1 Å². The maximum absolute atomic E-state index is 10.1. The van der Waals surface area contributed by atoms with Crippen LogP contribution in [0, 0.1) is 0 Å². The van der Waals surface area contributed by atoms with Crippen LogP contribution in [0.4, 0.5) is 0 Å². The van der Waals surface area contributed by atoms with E-state index in [9.17, 15) is 14.7 Å². The molecule has 0 heterocycles. The zero-order valence-corrected chi connectivity index (χ0v) is 22.1. The molecule has 3 aromatic carbocycles. The predicted molar refractivity (Wildman–Crippen MR) is 148 cm³/mol. The fourth-order valence-corrected chi connectivity index (χ4v) is 3.09. The minimum absolute atomic E-state index is 0.182. The highest BCUT2D eigenvalue weighted by molar-refractivity contribution is 5.86. The zero-order valence-electron chi connectivity index (χ0n) is 22.1. The number of carboxylic acid groups (broad SMARTS) is 1. The second-order valence-electron chi connectivity index (χ2n) is 8.17. The Balaban J connectivity index is 0.000000319. The highest BCUT2D eigenvalue weighted by Gasteiger charge is 2.12. The molecule has 0 aliphatic carbocycles. The molecule has 0 aromatic heterocycles. The maximum Gasteiger partial charge on any atom is 0.331 e. The molecular weight excluding hydrogens is 468 g/mol. The van der Waals surface area contributed by atoms with Crippen LogP contribution in [0.15, 0.2) is 90.0 Å². The van der Waals surface area contributed by atoms with E-state index in [4.69, 9.17) is 9.84 Å². The molecule has 0 atom stereocenters. The number of carbonyl (C=O) groups excluding carboxylic acids is 1. The molecule has 0 unspecified atom stereocenters. The van der Waals surface area contributed by atoms with Gasteiger partial charge in [0.2, 0.25) is 0 Å². The van der Waals surface area contributed by atoms with Crippen molar-refractivity contribution in [1.82, 2.24) is 0 Å². The number of hydrogen-bond donors (Lipinski definition) is 2. The summed E-state index contributed by atoms with van der Waals surface area (Å²) >= 11 is 0. The summed E-state index contributed by atoms with van der Waals surface area (Å²) in [4.78, 5) is 19.8. The minimum atomic E-state index is -0.829. The zero-order chi connectivity index (χ0) is 27.6. The lowest BCUT2D eigenvalue weighted by Gasteiger charge is -2.13. The number of rotatable bonds is 8. The van der Waals surface area contributed by atoms with E-state index in [2.05, 4.69) is 16.9 Å². The monoisotopic (exact) mass is 504 g/mol. The number of methoxy groups -OCH3 is 1. The Kier molecular flexibility index (Phi) is 14.2. The Morgan fingerprint density at radius 1 is 0.892 bits per heavy atom. The lowest BCUT2D eigenvalue weighted by Crippen LogP contribution is -1.97. The van der Waals surface area contributed by atoms with Gasteiger partial charge in [-0.05, 0) is 50.5 Å². The lowest BCUT2D eigenvalue weighted by molar-refractivity contribution is -0.132. The first-order valence-corrected chi connectivity index (χ1v) is 11.8. The van der Waals surface area contributed by atoms with E-state index in [1.54, 1.807) is 33.9 Å². The van der Waals surface area contributed by atoms with Crippen LogP contribution >= 0.6 is 0 Å². The first kappa shape index (κ1) is 30.7. The summed E-state index contributed by atoms with van der Waals surface area (Å²) in [5.41, 5.74) is 5.57. The average molecular weight is 505 g/mol. The van der Waals surface area contributed by atoms with Crippen molar-refractivity contribution in [2.24, 2.45) is 0 Å². The number of ether oxygens (including phenoxy) is 2. The Morgan fingerprint density at radius 2 is 1.46 bits per heavy atom. The molecule has 0 spiro atoms. The highest BCUT2D eigenvalue weighted by Crippen LogP contribution is 2.34. The molecule has 0 fully saturated rings. The Bertz CT molecular complexity index is 1160. The number of aliphatic carboxylic acids is 1. The Hall–Kier alpha value is -4.32. The Labute approximate surface area is 219 Å². The van der Waals surface area contributed by atoms with E-state index in [0.29, 0.717) is 24.4 Å². The van der Waals surface area contributed by atoms with Gasteiger partial charge in [0.15, 0.2) is 11.5 Å². The van der Waals surface area contributed by atoms with Gasteiger partial charge in [-0.1, -0.05) is 84.5 Å². The van der Waals surface area contributed by atoms with Crippen LogP contribution < -0.4 is 4.74 Å². The second kappa shape index (κ2) is 17.2. The molecule has 3 aromatic rings. The minimum Gasteiger partial charge on any atom is -0.504 e. The molecule has 0 bridgehead atoms. The Morgan fingerprint density at radius 3 is 1.89 bits per heavy atom. The third-order valence-electron chi connectivity index (χ3n) is 5.28. The third kappa shape index (κ3) is 11.3. The summed E-state index contributed by atoms with van der Waals surface area (Å²) in [6.45, 7) is 7.95. The molecule has 196 valence electrons. The predicted octanol–water partition coefficient (Wildman–Crippen LogP) is 6.81. The largest absolute Gasteiger partial charge is 0.504 e. The van der Waals surface area contributed by atoms with Crippen molar-refractivity contribution in [3.05, 3.63) is 112 Å². The van der Waals surface area contributed by atoms with E-state index < -0.39 is 5.97 Å². The van der Waals surface area contributed by atoms with E-state index in [1.807, 2.05) is 73.7 Å². The molecule has 0 saturated heterocycles. The van der Waals surface area contributed by atoms with Gasteiger partial charge in [-0.3, -0.25) is 4.79 Å². The standard InChI is InChI=1S/C17H18O2.C8H8O2.C6H10O2/c1-3-7-14-10-11-16(18)17(19-2)15(14)12-13-8-5-4-6-9-13;9-7-10-6-8-4-2-1-3-5-8;1-4(2)5(3)6(7)8/h3-11,18H,12H2,1-2H3;1-5,7H,6H2;1-3H3,(H,7,8). The lowest BCUT2D eigenvalue weighted by atomic mass is 9.98. The van der Waals surface area contributed by atoms with Gasteiger partial charge < -0.3 is 19.7 Å². The van der Waals surface area contributed by atoms with Crippen molar-refractivity contribution in [3.63, 3.8) is 0 Å². The normalized spacial score (nSPS) is 9.76. The summed E-state index contributed by atoms with van der Waals surface area (Å²) in [5.74, 6) is -0.0915. The van der Waals surface area contributed by atoms with Gasteiger partial charge in [0.1, 0.15) is 6.61 Å². The fourth-order valence-electron chi connectivity index (χ4n) is 3.09. The molecular formula is C31H36O6. The van der Waals surface area contributed by atoms with Gasteiger partial charge in [0.25, 0.3) is 6.47 Å². The van der Waals surface area contributed by atoms with Crippen LogP contribution in [0.1, 0.15) is 49.9 Å². The summed E-state index contributed by atoms with van der Waals surface area (Å²) in [5, 5.41) is 18.2. The summed E-state index contributed by atoms with van der Waals surface area (Å²) in [6, 6.07) is 23.3. The van der Waals surface area contributed by atoms with Gasteiger partial charge in [0, 0.05) is 17.6 Å². The van der Waals surface area contributed by atoms with E-state index in [-0.39, 0.29) is 5.75 Å². The van der Waals surface area contributed by atoms with Crippen LogP contribution in [-0.2, 0) is 27.4 Å². The van der Waals surface area contributed by atoms with Crippen molar-refractivity contribution in [2.75, 3.05) is 7.11 Å². The number of carboxylic acids is 1. The van der Waals surface area contributed by atoms with Gasteiger partial charge in [-0.25, -0.2) is 4.79 Å². The first-order chi connectivity index (χ1) is 17.7. The molecule has 6 nitrogen and oxygen atoms in total. The van der Waals surface area contributed by atoms with Gasteiger partial charge >= 0.3 is 5.97 Å². The number of phenols is 1. The number of aromatic hydroxyl groups is 1. The molecule has 0 aliphatic rings. The van der Waals surface area contributed by atoms with Crippen LogP contribution in [0.2, 0.25) is 0 Å². The SMILES string of the molecule is CC(C)=C(C)C(=O)O.CC=Cc1ccc(O)c(OC)c1Cc1ccccc1.O=COCc1ccccc1. The molecule has 0 aliphatic heterocycles. The summed E-state index contributed by atoms with van der Waals surface area (Å²) < 4.78 is 9.89. The molecule has 37 heavy (non-hydrogen) atoms. The van der Waals surface area contributed by atoms with Gasteiger partial charge in [0.05, 0.1) is 7.11 Å². The second-order valence-corrected chi connectivity index (χ2v) is 8.17. The molecule has 2 N–H and O–H groups in total. The van der Waals surface area contributed by atoms with Crippen molar-refractivity contribution < 1.29 is 29.3 Å². The van der Waals surface area contributed by atoms with Crippen LogP contribution in [-0.4, -0.2) is 29.8 Å². The summed E-state index contributed by atoms with van der Waals surface area (Å²) in [6.07, 6.45) is 4.75. The number of carbonyl (C=O) groups is 2. The van der Waals surface area contributed by atoms with E-state index in [1.165, 1.54) is 5.56 Å². The summed E-state index contributed by atoms with van der Waals surface area (Å²) in [7, 11) is 1.59. The van der Waals surface area contributed by atoms with Crippen molar-refractivity contribution >= 4 is 18.5 Å². The van der Waals surface area contributed by atoms with Crippen molar-refractivity contribution in [2.45, 2.75) is 40.7 Å². The van der Waals surface area contributed by atoms with E-state index in [0.717, 1.165) is 28.7 Å². The quantitative estimate of drug-likeness (QED) is 0.258. The third-order valence-corrected chi connectivity index (χ3v) is 5.28. The number of hydrogen-bond acceptors (Lipinski definition) is 5. The molecule has 0 radical (unpaired) electrons. The van der Waals surface area contributed by atoms with Gasteiger partial charge in [-0.15, -0.1) is 0 Å². The average Bonchev–Trinajstić information content (AvgIpc) is 2.90. The first-order valence-electron chi connectivity index (χ1n) is 11.8. The molecule has 3 rings (SSSR count). The van der Waals surface area contributed by atoms with Crippen LogP contribution in [0.3, 0.4) is 0 Å². The maximum atomic E-state index is 10.1. The van der Waals surface area contributed by atoms with Crippen LogP contribution in [0.25, 0.3) is 6.08 Å². The van der Waals surface area contributed by atoms with E-state index >= 15 is 0 Å². The van der Waals surface area contributed by atoms with Crippen molar-refractivity contribution in [3.8, 4) is 11.5 Å². The smallest absolute Gasteiger partial charge is 0.331 e. The van der Waals surface area contributed by atoms with Crippen LogP contribution in [0.5, 0.6) is 11.5 Å². The molecule has 6 heteroatoms. The van der Waals surface area contributed by atoms with Crippen molar-refractivity contribution in [1.29, 1.82) is 0 Å². The van der Waals surface area contributed by atoms with Gasteiger partial charge in [-0.2, -0.15) is 0 Å². The highest BCUT2D eigenvalue weighted by atomic mass is 16.5. The number of allylic oxidation sites excluding steroid dienone is 2. The molecule has 0 saturated carbocycles. The molecule has 0 amide bonds. The number of benzene rings is 3. The number of phenolic OH excluding ortho intramolecular Hbond substituents is 1. The fraction of sp³-hybridized carbons (Fsp3) is 0.226.